The molecule has 0 spiro atoms. The van der Waals surface area contributed by atoms with Crippen LogP contribution in [0, 0.1) is 0 Å². The first-order valence-electron chi connectivity index (χ1n) is 6.28. The lowest BCUT2D eigenvalue weighted by Crippen LogP contribution is -2.30. The summed E-state index contributed by atoms with van der Waals surface area (Å²) in [6.07, 6.45) is 4.81. The van der Waals surface area contributed by atoms with E-state index in [1.54, 1.807) is 17.0 Å². The van der Waals surface area contributed by atoms with Crippen LogP contribution in [0.1, 0.15) is 12.0 Å². The van der Waals surface area contributed by atoms with Gasteiger partial charge in [-0.1, -0.05) is 29.8 Å². The molecule has 1 saturated heterocycles. The lowest BCUT2D eigenvalue weighted by atomic mass is 10.2. The van der Waals surface area contributed by atoms with Gasteiger partial charge in [0.05, 0.1) is 5.25 Å². The molecule has 4 nitrogen and oxygen atoms in total. The van der Waals surface area contributed by atoms with Gasteiger partial charge < -0.3 is 4.90 Å². The number of hydrogen-bond donors (Lipinski definition) is 0. The van der Waals surface area contributed by atoms with Crippen molar-refractivity contribution in [3.63, 3.8) is 0 Å². The van der Waals surface area contributed by atoms with Gasteiger partial charge in [0, 0.05) is 30.4 Å². The summed E-state index contributed by atoms with van der Waals surface area (Å²) in [4.78, 5) is 13.6. The quantitative estimate of drug-likeness (QED) is 0.802. The summed E-state index contributed by atoms with van der Waals surface area (Å²) in [7, 11) is -3.08. The fraction of sp³-hybridized carbons (Fsp3) is 0.357. The van der Waals surface area contributed by atoms with Crippen molar-refractivity contribution in [3.8, 4) is 0 Å². The van der Waals surface area contributed by atoms with E-state index < -0.39 is 15.1 Å². The molecule has 0 aliphatic carbocycles. The number of nitrogens with zero attached hydrogens (tertiary/aromatic N) is 1. The molecule has 1 aliphatic heterocycles. The van der Waals surface area contributed by atoms with Crippen LogP contribution in [0.4, 0.5) is 0 Å². The van der Waals surface area contributed by atoms with Crippen molar-refractivity contribution >= 4 is 33.4 Å². The Hall–Kier alpha value is -1.33. The molecular formula is C14H16ClNO3S. The highest BCUT2D eigenvalue weighted by Gasteiger charge is 2.31. The van der Waals surface area contributed by atoms with E-state index >= 15 is 0 Å². The molecule has 20 heavy (non-hydrogen) atoms. The van der Waals surface area contributed by atoms with Crippen LogP contribution in [0.15, 0.2) is 30.3 Å². The first kappa shape index (κ1) is 15.1. The SMILES string of the molecule is CS(=O)(=O)[C@@H]1CCN(C(=O)/C=C/c2ccccc2Cl)C1. The average molecular weight is 314 g/mol. The number of sulfone groups is 1. The largest absolute Gasteiger partial charge is 0.338 e. The molecule has 1 aromatic carbocycles. The molecule has 1 aromatic rings. The Kier molecular flexibility index (Phi) is 4.50. The molecule has 0 aromatic heterocycles. The van der Waals surface area contributed by atoms with Gasteiger partial charge in [0.1, 0.15) is 0 Å². The summed E-state index contributed by atoms with van der Waals surface area (Å²) < 4.78 is 22.9. The van der Waals surface area contributed by atoms with Crippen LogP contribution < -0.4 is 0 Å². The third-order valence-corrected chi connectivity index (χ3v) is 5.31. The van der Waals surface area contributed by atoms with Crippen LogP contribution in [-0.4, -0.2) is 43.8 Å². The summed E-state index contributed by atoms with van der Waals surface area (Å²) in [5.74, 6) is -0.184. The van der Waals surface area contributed by atoms with Crippen LogP contribution >= 0.6 is 11.6 Å². The standard InChI is InChI=1S/C14H16ClNO3S/c1-20(18,19)12-8-9-16(10-12)14(17)7-6-11-4-2-3-5-13(11)15/h2-7,12H,8-10H2,1H3/b7-6+/t12-/m1/s1. The van der Waals surface area contributed by atoms with E-state index in [-0.39, 0.29) is 12.5 Å². The van der Waals surface area contributed by atoms with E-state index in [1.807, 2.05) is 18.2 Å². The van der Waals surface area contributed by atoms with Crippen molar-refractivity contribution in [1.82, 2.24) is 4.90 Å². The average Bonchev–Trinajstić information content (AvgIpc) is 2.87. The van der Waals surface area contributed by atoms with Gasteiger partial charge in [-0.15, -0.1) is 0 Å². The zero-order valence-corrected chi connectivity index (χ0v) is 12.7. The molecule has 1 fully saturated rings. The zero-order chi connectivity index (χ0) is 14.8. The molecule has 1 aliphatic rings. The van der Waals surface area contributed by atoms with Crippen molar-refractivity contribution in [2.24, 2.45) is 0 Å². The number of carbonyl (C=O) groups is 1. The first-order valence-corrected chi connectivity index (χ1v) is 8.61. The molecule has 0 radical (unpaired) electrons. The van der Waals surface area contributed by atoms with Crippen molar-refractivity contribution in [2.75, 3.05) is 19.3 Å². The molecule has 0 unspecified atom stereocenters. The van der Waals surface area contributed by atoms with Crippen LogP contribution in [0.5, 0.6) is 0 Å². The maximum Gasteiger partial charge on any atom is 0.246 e. The molecule has 1 amide bonds. The molecule has 2 rings (SSSR count). The minimum absolute atomic E-state index is 0.184. The highest BCUT2D eigenvalue weighted by molar-refractivity contribution is 7.91. The Morgan fingerprint density at radius 1 is 1.40 bits per heavy atom. The van der Waals surface area contributed by atoms with Crippen molar-refractivity contribution < 1.29 is 13.2 Å². The predicted molar refractivity (Wildman–Crippen MR) is 80.3 cm³/mol. The van der Waals surface area contributed by atoms with Gasteiger partial charge in [-0.2, -0.15) is 0 Å². The number of hydrogen-bond acceptors (Lipinski definition) is 3. The summed E-state index contributed by atoms with van der Waals surface area (Å²) in [6.45, 7) is 0.744. The third kappa shape index (κ3) is 3.61. The maximum atomic E-state index is 12.0. The smallest absolute Gasteiger partial charge is 0.246 e. The van der Waals surface area contributed by atoms with Crippen molar-refractivity contribution in [2.45, 2.75) is 11.7 Å². The van der Waals surface area contributed by atoms with Crippen LogP contribution in [0.25, 0.3) is 6.08 Å². The first-order chi connectivity index (χ1) is 9.38. The van der Waals surface area contributed by atoms with Gasteiger partial charge in [-0.25, -0.2) is 8.42 Å². The minimum atomic E-state index is -3.08. The van der Waals surface area contributed by atoms with E-state index in [2.05, 4.69) is 0 Å². The number of carbonyl (C=O) groups excluding carboxylic acids is 1. The van der Waals surface area contributed by atoms with Crippen molar-refractivity contribution in [3.05, 3.63) is 40.9 Å². The predicted octanol–water partition coefficient (Wildman–Crippen LogP) is 2.00. The zero-order valence-electron chi connectivity index (χ0n) is 11.1. The molecule has 0 N–H and O–H groups in total. The molecule has 0 bridgehead atoms. The molecule has 108 valence electrons. The van der Waals surface area contributed by atoms with Gasteiger partial charge in [-0.05, 0) is 24.1 Å². The van der Waals surface area contributed by atoms with E-state index in [4.69, 9.17) is 11.6 Å². The summed E-state index contributed by atoms with van der Waals surface area (Å²) in [5, 5.41) is 0.132. The van der Waals surface area contributed by atoms with Crippen LogP contribution in [-0.2, 0) is 14.6 Å². The molecule has 6 heteroatoms. The Balaban J connectivity index is 2.02. The lowest BCUT2D eigenvalue weighted by molar-refractivity contribution is -0.124. The van der Waals surface area contributed by atoms with Gasteiger partial charge >= 0.3 is 0 Å². The second-order valence-electron chi connectivity index (χ2n) is 4.88. The highest BCUT2D eigenvalue weighted by Crippen LogP contribution is 2.18. The number of rotatable bonds is 3. The Morgan fingerprint density at radius 2 is 2.10 bits per heavy atom. The minimum Gasteiger partial charge on any atom is -0.338 e. The fourth-order valence-electron chi connectivity index (χ4n) is 2.15. The Bertz CT molecular complexity index is 640. The lowest BCUT2D eigenvalue weighted by Gasteiger charge is -2.13. The van der Waals surface area contributed by atoms with E-state index in [0.717, 1.165) is 5.56 Å². The highest BCUT2D eigenvalue weighted by atomic mass is 35.5. The summed E-state index contributed by atoms with van der Waals surface area (Å²) in [5.41, 5.74) is 0.765. The number of benzene rings is 1. The van der Waals surface area contributed by atoms with Gasteiger partial charge in [-0.3, -0.25) is 4.79 Å². The monoisotopic (exact) mass is 313 g/mol. The second kappa shape index (κ2) is 5.97. The van der Waals surface area contributed by atoms with Crippen LogP contribution in [0.3, 0.4) is 0 Å². The van der Waals surface area contributed by atoms with Crippen molar-refractivity contribution in [1.29, 1.82) is 0 Å². The number of likely N-dealkylation sites (tertiary alicyclic amines) is 1. The normalized spacial score (nSPS) is 19.7. The summed E-state index contributed by atoms with van der Waals surface area (Å²) >= 11 is 5.99. The number of halogens is 1. The Labute approximate surface area is 124 Å². The van der Waals surface area contributed by atoms with E-state index in [9.17, 15) is 13.2 Å². The maximum absolute atomic E-state index is 12.0. The molecule has 0 saturated carbocycles. The van der Waals surface area contributed by atoms with Gasteiger partial charge in [0.15, 0.2) is 9.84 Å². The third-order valence-electron chi connectivity index (χ3n) is 3.37. The van der Waals surface area contributed by atoms with E-state index in [0.29, 0.717) is 18.0 Å². The van der Waals surface area contributed by atoms with Crippen LogP contribution in [0.2, 0.25) is 5.02 Å². The van der Waals surface area contributed by atoms with E-state index in [1.165, 1.54) is 12.3 Å². The topological polar surface area (TPSA) is 54.5 Å². The fourth-order valence-corrected chi connectivity index (χ4v) is 3.34. The second-order valence-corrected chi connectivity index (χ2v) is 7.61. The molecular weight excluding hydrogens is 298 g/mol. The molecule has 1 atom stereocenters. The Morgan fingerprint density at radius 3 is 2.70 bits per heavy atom. The number of amides is 1. The van der Waals surface area contributed by atoms with Gasteiger partial charge in [0.25, 0.3) is 0 Å². The summed E-state index contributed by atoms with van der Waals surface area (Å²) in [6, 6.07) is 7.22. The molecule has 1 heterocycles. The van der Waals surface area contributed by atoms with Gasteiger partial charge in [0.2, 0.25) is 5.91 Å².